The number of carbonyl (C=O) groups is 1. The highest BCUT2D eigenvalue weighted by atomic mass is 35.5. The topological polar surface area (TPSA) is 80.5 Å². The van der Waals surface area contributed by atoms with Gasteiger partial charge in [-0.1, -0.05) is 11.6 Å². The van der Waals surface area contributed by atoms with Gasteiger partial charge in [-0.3, -0.25) is 4.79 Å². The molecule has 0 fully saturated rings. The molecule has 7 nitrogen and oxygen atoms in total. The van der Waals surface area contributed by atoms with E-state index >= 15 is 0 Å². The van der Waals surface area contributed by atoms with E-state index in [1.807, 2.05) is 0 Å². The van der Waals surface area contributed by atoms with Gasteiger partial charge in [-0.2, -0.15) is 4.98 Å². The van der Waals surface area contributed by atoms with Gasteiger partial charge in [-0.25, -0.2) is 4.52 Å². The second-order valence-corrected chi connectivity index (χ2v) is 4.54. The number of nitrogens with zero attached hydrogens (tertiary/aromatic N) is 3. The van der Waals surface area contributed by atoms with Gasteiger partial charge in [0.25, 0.3) is 0 Å². The van der Waals surface area contributed by atoms with Gasteiger partial charge in [0.2, 0.25) is 11.9 Å². The number of ether oxygens (including phenoxy) is 1. The Morgan fingerprint density at radius 3 is 3.10 bits per heavy atom. The summed E-state index contributed by atoms with van der Waals surface area (Å²) in [5, 5.41) is 10.5. The van der Waals surface area contributed by atoms with Crippen LogP contribution < -0.4 is 10.6 Å². The highest BCUT2D eigenvalue weighted by Gasteiger charge is 2.05. The summed E-state index contributed by atoms with van der Waals surface area (Å²) in [6.07, 6.45) is 2.02. The van der Waals surface area contributed by atoms with Crippen LogP contribution in [-0.2, 0) is 9.53 Å². The molecule has 0 aliphatic rings. The number of carbonyl (C=O) groups excluding carboxylic acids is 1. The molecule has 20 heavy (non-hydrogen) atoms. The van der Waals surface area contributed by atoms with Crippen LogP contribution in [0.5, 0.6) is 0 Å². The molecule has 0 aliphatic heterocycles. The Hall–Kier alpha value is -1.86. The van der Waals surface area contributed by atoms with Crippen molar-refractivity contribution in [1.82, 2.24) is 19.9 Å². The highest BCUT2D eigenvalue weighted by Crippen LogP contribution is 2.11. The predicted molar refractivity (Wildman–Crippen MR) is 76.0 cm³/mol. The Kier molecular flexibility index (Phi) is 5.14. The number of amides is 1. The van der Waals surface area contributed by atoms with Crippen LogP contribution in [-0.4, -0.2) is 47.3 Å². The maximum Gasteiger partial charge on any atom is 0.243 e. The first-order valence-electron chi connectivity index (χ1n) is 6.20. The maximum atomic E-state index is 11.5. The number of hydrogen-bond acceptors (Lipinski definition) is 5. The predicted octanol–water partition coefficient (Wildman–Crippen LogP) is 0.947. The van der Waals surface area contributed by atoms with Gasteiger partial charge >= 0.3 is 0 Å². The van der Waals surface area contributed by atoms with E-state index in [9.17, 15) is 4.79 Å². The molecule has 1 amide bonds. The van der Waals surface area contributed by atoms with Crippen molar-refractivity contribution in [3.63, 3.8) is 0 Å². The first-order valence-corrected chi connectivity index (χ1v) is 6.58. The van der Waals surface area contributed by atoms with E-state index in [4.69, 9.17) is 16.3 Å². The number of pyridine rings is 1. The number of anilines is 1. The summed E-state index contributed by atoms with van der Waals surface area (Å²) < 4.78 is 6.43. The SMILES string of the molecule is COCCNC(=O)CCNc1nc2ccc(Cl)cn2n1. The summed E-state index contributed by atoms with van der Waals surface area (Å²) in [6.45, 7) is 1.48. The van der Waals surface area contributed by atoms with Crippen LogP contribution >= 0.6 is 11.6 Å². The summed E-state index contributed by atoms with van der Waals surface area (Å²) >= 11 is 5.86. The first kappa shape index (κ1) is 14.5. The van der Waals surface area contributed by atoms with Crippen LogP contribution in [0, 0.1) is 0 Å². The summed E-state index contributed by atoms with van der Waals surface area (Å²) in [7, 11) is 1.59. The number of halogens is 1. The minimum Gasteiger partial charge on any atom is -0.383 e. The largest absolute Gasteiger partial charge is 0.383 e. The molecular formula is C12H16ClN5O2. The van der Waals surface area contributed by atoms with E-state index in [1.165, 1.54) is 0 Å². The average Bonchev–Trinajstić information content (AvgIpc) is 2.81. The van der Waals surface area contributed by atoms with E-state index in [1.54, 1.807) is 30.0 Å². The molecule has 0 saturated heterocycles. The lowest BCUT2D eigenvalue weighted by Gasteiger charge is -2.04. The van der Waals surface area contributed by atoms with Crippen LogP contribution in [0.3, 0.4) is 0 Å². The van der Waals surface area contributed by atoms with E-state index in [0.29, 0.717) is 42.7 Å². The third kappa shape index (κ3) is 4.07. The van der Waals surface area contributed by atoms with Crippen LogP contribution in [0.25, 0.3) is 5.65 Å². The van der Waals surface area contributed by atoms with Crippen molar-refractivity contribution in [2.24, 2.45) is 0 Å². The monoisotopic (exact) mass is 297 g/mol. The van der Waals surface area contributed by atoms with Gasteiger partial charge < -0.3 is 15.4 Å². The van der Waals surface area contributed by atoms with Crippen molar-refractivity contribution >= 4 is 29.1 Å². The van der Waals surface area contributed by atoms with Crippen molar-refractivity contribution in [3.8, 4) is 0 Å². The summed E-state index contributed by atoms with van der Waals surface area (Å²) in [5.41, 5.74) is 0.696. The quantitative estimate of drug-likeness (QED) is 0.744. The normalized spacial score (nSPS) is 10.7. The molecule has 8 heteroatoms. The lowest BCUT2D eigenvalue weighted by Crippen LogP contribution is -2.28. The zero-order valence-corrected chi connectivity index (χ0v) is 11.9. The van der Waals surface area contributed by atoms with Gasteiger partial charge in [-0.15, -0.1) is 5.10 Å². The van der Waals surface area contributed by atoms with Crippen molar-refractivity contribution in [2.75, 3.05) is 32.1 Å². The number of rotatable bonds is 7. The summed E-state index contributed by atoms with van der Waals surface area (Å²) in [4.78, 5) is 15.7. The molecule has 0 aromatic carbocycles. The number of methoxy groups -OCH3 is 1. The molecule has 0 bridgehead atoms. The van der Waals surface area contributed by atoms with Crippen molar-refractivity contribution in [3.05, 3.63) is 23.4 Å². The lowest BCUT2D eigenvalue weighted by atomic mass is 10.4. The van der Waals surface area contributed by atoms with Crippen molar-refractivity contribution < 1.29 is 9.53 Å². The molecule has 0 atom stereocenters. The van der Waals surface area contributed by atoms with Gasteiger partial charge in [0.05, 0.1) is 11.6 Å². The Labute approximate surface area is 121 Å². The third-order valence-corrected chi connectivity index (χ3v) is 2.78. The summed E-state index contributed by atoms with van der Waals surface area (Å²) in [5.74, 6) is 0.429. The molecule has 0 spiro atoms. The fourth-order valence-corrected chi connectivity index (χ4v) is 1.76. The van der Waals surface area contributed by atoms with E-state index in [2.05, 4.69) is 20.7 Å². The maximum absolute atomic E-state index is 11.5. The fourth-order valence-electron chi connectivity index (χ4n) is 1.60. The van der Waals surface area contributed by atoms with Crippen LogP contribution in [0.4, 0.5) is 5.95 Å². The standard InChI is InChI=1S/C12H16ClN5O2/c1-20-7-6-14-11(19)4-5-15-12-16-10-3-2-9(13)8-18(10)17-12/h2-3,8H,4-7H2,1H3,(H,14,19)(H,15,17). The Balaban J connectivity index is 1.79. The van der Waals surface area contributed by atoms with Gasteiger partial charge in [0.1, 0.15) is 0 Å². The van der Waals surface area contributed by atoms with Crippen LogP contribution in [0.15, 0.2) is 18.3 Å². The van der Waals surface area contributed by atoms with Crippen molar-refractivity contribution in [1.29, 1.82) is 0 Å². The molecule has 0 saturated carbocycles. The van der Waals surface area contributed by atoms with Gasteiger partial charge in [-0.05, 0) is 12.1 Å². The molecule has 2 aromatic heterocycles. The molecule has 2 heterocycles. The number of fused-ring (bicyclic) bond motifs is 1. The van der Waals surface area contributed by atoms with E-state index in [-0.39, 0.29) is 5.91 Å². The molecule has 2 N–H and O–H groups in total. The van der Waals surface area contributed by atoms with E-state index in [0.717, 1.165) is 0 Å². The molecule has 0 unspecified atom stereocenters. The highest BCUT2D eigenvalue weighted by molar-refractivity contribution is 6.30. The number of aromatic nitrogens is 3. The van der Waals surface area contributed by atoms with Crippen LogP contribution in [0.1, 0.15) is 6.42 Å². The van der Waals surface area contributed by atoms with Crippen molar-refractivity contribution in [2.45, 2.75) is 6.42 Å². The third-order valence-electron chi connectivity index (χ3n) is 2.56. The second kappa shape index (κ2) is 7.06. The minimum atomic E-state index is -0.0404. The number of nitrogens with one attached hydrogen (secondary N) is 2. The Morgan fingerprint density at radius 2 is 2.30 bits per heavy atom. The van der Waals surface area contributed by atoms with Gasteiger partial charge in [0.15, 0.2) is 5.65 Å². The molecule has 108 valence electrons. The molecule has 0 aliphatic carbocycles. The molecule has 2 rings (SSSR count). The number of hydrogen-bond donors (Lipinski definition) is 2. The Bertz CT molecular complexity index is 586. The summed E-state index contributed by atoms with van der Waals surface area (Å²) in [6, 6.07) is 3.52. The smallest absolute Gasteiger partial charge is 0.243 e. The fraction of sp³-hybridized carbons (Fsp3) is 0.417. The minimum absolute atomic E-state index is 0.0404. The van der Waals surface area contributed by atoms with E-state index < -0.39 is 0 Å². The molecule has 0 radical (unpaired) electrons. The first-order chi connectivity index (χ1) is 9.69. The van der Waals surface area contributed by atoms with Crippen LogP contribution in [0.2, 0.25) is 5.02 Å². The van der Waals surface area contributed by atoms with Gasteiger partial charge in [0, 0.05) is 32.8 Å². The zero-order chi connectivity index (χ0) is 14.4. The second-order valence-electron chi connectivity index (χ2n) is 4.11. The molecule has 2 aromatic rings. The average molecular weight is 298 g/mol. The zero-order valence-electron chi connectivity index (χ0n) is 11.1. The Morgan fingerprint density at radius 1 is 1.45 bits per heavy atom. The molecular weight excluding hydrogens is 282 g/mol. The lowest BCUT2D eigenvalue weighted by molar-refractivity contribution is -0.121.